The van der Waals surface area contributed by atoms with Gasteiger partial charge < -0.3 is 0 Å². The second-order valence-corrected chi connectivity index (χ2v) is 7.65. The van der Waals surface area contributed by atoms with Crippen molar-refractivity contribution >= 4 is 21.4 Å². The quantitative estimate of drug-likeness (QED) is 0.836. The Hall–Kier alpha value is -1.31. The van der Waals surface area contributed by atoms with Gasteiger partial charge in [-0.25, -0.2) is 12.8 Å². The molecule has 1 heterocycles. The molecule has 0 aliphatic rings. The van der Waals surface area contributed by atoms with Gasteiger partial charge in [-0.1, -0.05) is 30.4 Å². The molecule has 1 aromatic carbocycles. The lowest BCUT2D eigenvalue weighted by Gasteiger charge is -2.26. The fourth-order valence-corrected chi connectivity index (χ4v) is 4.87. The van der Waals surface area contributed by atoms with E-state index in [0.29, 0.717) is 16.9 Å². The lowest BCUT2D eigenvalue weighted by molar-refractivity contribution is 0.358. The Labute approximate surface area is 126 Å². The molecule has 0 aliphatic heterocycles. The van der Waals surface area contributed by atoms with Crippen LogP contribution < -0.4 is 0 Å². The third-order valence-electron chi connectivity index (χ3n) is 3.21. The van der Waals surface area contributed by atoms with Gasteiger partial charge in [0.25, 0.3) is 10.0 Å². The molecule has 0 unspecified atom stereocenters. The minimum Gasteiger partial charge on any atom is -0.207 e. The fraction of sp³-hybridized carbons (Fsp3) is 0.286. The summed E-state index contributed by atoms with van der Waals surface area (Å²) in [5, 5.41) is -0.543. The molecule has 1 aromatic heterocycles. The highest BCUT2D eigenvalue weighted by molar-refractivity contribution is 7.91. The van der Waals surface area contributed by atoms with Crippen LogP contribution in [0.4, 0.5) is 8.78 Å². The zero-order valence-electron chi connectivity index (χ0n) is 11.6. The average Bonchev–Trinajstić information content (AvgIpc) is 2.87. The van der Waals surface area contributed by atoms with Gasteiger partial charge in [-0.05, 0) is 36.8 Å². The van der Waals surface area contributed by atoms with Crippen LogP contribution in [-0.4, -0.2) is 19.3 Å². The first-order valence-corrected chi connectivity index (χ1v) is 8.64. The molecule has 0 aliphatic carbocycles. The van der Waals surface area contributed by atoms with Crippen LogP contribution in [0.15, 0.2) is 40.6 Å². The van der Waals surface area contributed by atoms with E-state index >= 15 is 0 Å². The summed E-state index contributed by atoms with van der Waals surface area (Å²) < 4.78 is 52.4. The Morgan fingerprint density at radius 3 is 2.24 bits per heavy atom. The number of rotatable bonds is 5. The zero-order chi connectivity index (χ0) is 15.6. The maximum Gasteiger partial charge on any atom is 0.253 e. The summed E-state index contributed by atoms with van der Waals surface area (Å²) >= 11 is 0.597. The van der Waals surface area contributed by atoms with Crippen molar-refractivity contribution in [3.8, 4) is 0 Å². The maximum absolute atomic E-state index is 13.1. The molecule has 0 spiro atoms. The highest BCUT2D eigenvalue weighted by atomic mass is 32.2. The Bertz CT molecular complexity index is 711. The first kappa shape index (κ1) is 16.1. The first-order chi connectivity index (χ1) is 9.86. The monoisotopic (exact) mass is 331 g/mol. The molecule has 3 nitrogen and oxygen atoms in total. The van der Waals surface area contributed by atoms with Crippen molar-refractivity contribution in [2.24, 2.45) is 0 Å². The van der Waals surface area contributed by atoms with E-state index < -0.39 is 21.2 Å². The highest BCUT2D eigenvalue weighted by Crippen LogP contribution is 2.30. The fourth-order valence-electron chi connectivity index (χ4n) is 2.11. The summed E-state index contributed by atoms with van der Waals surface area (Å²) in [4.78, 5) is 0. The Morgan fingerprint density at radius 2 is 1.76 bits per heavy atom. The van der Waals surface area contributed by atoms with E-state index in [1.165, 1.54) is 22.5 Å². The van der Waals surface area contributed by atoms with Gasteiger partial charge in [0.2, 0.25) is 0 Å². The van der Waals surface area contributed by atoms with Crippen LogP contribution in [0.5, 0.6) is 0 Å². The van der Waals surface area contributed by atoms with Gasteiger partial charge in [-0.3, -0.25) is 0 Å². The van der Waals surface area contributed by atoms with Gasteiger partial charge in [0.1, 0.15) is 10.0 Å². The van der Waals surface area contributed by atoms with Crippen LogP contribution >= 0.6 is 11.3 Å². The van der Waals surface area contributed by atoms with E-state index in [1.54, 1.807) is 26.0 Å². The molecule has 21 heavy (non-hydrogen) atoms. The minimum absolute atomic E-state index is 0.0317. The standard InChI is InChI=1S/C14H15F2NO2S2/c1-3-17(10(2)11-4-6-12(15)7-5-11)21(18,19)14-9-8-13(16)20-14/h4-10H,3H2,1-2H3/t10-/m1/s1. The van der Waals surface area contributed by atoms with E-state index in [4.69, 9.17) is 0 Å². The average molecular weight is 331 g/mol. The molecule has 0 saturated carbocycles. The number of benzene rings is 1. The van der Waals surface area contributed by atoms with Crippen LogP contribution in [0.3, 0.4) is 0 Å². The van der Waals surface area contributed by atoms with Crippen LogP contribution in [0.1, 0.15) is 25.5 Å². The van der Waals surface area contributed by atoms with Gasteiger partial charge in [0.05, 0.1) is 0 Å². The number of nitrogens with zero attached hydrogens (tertiary/aromatic N) is 1. The molecule has 1 atom stereocenters. The Balaban J connectivity index is 2.36. The largest absolute Gasteiger partial charge is 0.253 e. The van der Waals surface area contributed by atoms with E-state index in [1.807, 2.05) is 0 Å². The number of thiophene rings is 1. The molecular formula is C14H15F2NO2S2. The summed E-state index contributed by atoms with van der Waals surface area (Å²) in [7, 11) is -3.77. The summed E-state index contributed by atoms with van der Waals surface area (Å²) in [5.41, 5.74) is 0.679. The van der Waals surface area contributed by atoms with Crippen molar-refractivity contribution in [3.05, 3.63) is 52.9 Å². The minimum atomic E-state index is -3.77. The normalized spacial score (nSPS) is 13.6. The zero-order valence-corrected chi connectivity index (χ0v) is 13.2. The topological polar surface area (TPSA) is 37.4 Å². The molecule has 0 radical (unpaired) electrons. The van der Waals surface area contributed by atoms with Gasteiger partial charge in [-0.15, -0.1) is 0 Å². The van der Waals surface area contributed by atoms with Crippen molar-refractivity contribution in [1.82, 2.24) is 4.31 Å². The van der Waals surface area contributed by atoms with Crippen molar-refractivity contribution in [3.63, 3.8) is 0 Å². The Kier molecular flexibility index (Phi) is 4.75. The lowest BCUT2D eigenvalue weighted by Crippen LogP contribution is -2.33. The first-order valence-electron chi connectivity index (χ1n) is 6.39. The molecule has 7 heteroatoms. The summed E-state index contributed by atoms with van der Waals surface area (Å²) in [5.74, 6) is -0.378. The number of sulfonamides is 1. The Morgan fingerprint density at radius 1 is 1.14 bits per heavy atom. The SMILES string of the molecule is CCN([C@H](C)c1ccc(F)cc1)S(=O)(=O)c1ccc(F)s1. The molecule has 114 valence electrons. The molecule has 0 amide bonds. The van der Waals surface area contributed by atoms with Crippen molar-refractivity contribution in [2.75, 3.05) is 6.54 Å². The van der Waals surface area contributed by atoms with Crippen molar-refractivity contribution < 1.29 is 17.2 Å². The van der Waals surface area contributed by atoms with Gasteiger partial charge in [0.15, 0.2) is 5.13 Å². The second kappa shape index (κ2) is 6.21. The number of hydrogen-bond acceptors (Lipinski definition) is 3. The van der Waals surface area contributed by atoms with Gasteiger partial charge >= 0.3 is 0 Å². The smallest absolute Gasteiger partial charge is 0.207 e. The van der Waals surface area contributed by atoms with Crippen molar-refractivity contribution in [1.29, 1.82) is 0 Å². The lowest BCUT2D eigenvalue weighted by atomic mass is 10.1. The number of hydrogen-bond donors (Lipinski definition) is 0. The van der Waals surface area contributed by atoms with Crippen LogP contribution in [-0.2, 0) is 10.0 Å². The molecule has 0 saturated heterocycles. The van der Waals surface area contributed by atoms with Crippen LogP contribution in [0, 0.1) is 10.9 Å². The number of halogens is 2. The van der Waals surface area contributed by atoms with Gasteiger partial charge in [-0.2, -0.15) is 8.70 Å². The third-order valence-corrected chi connectivity index (χ3v) is 6.59. The summed E-state index contributed by atoms with van der Waals surface area (Å²) in [6.45, 7) is 3.67. The third kappa shape index (κ3) is 3.30. The highest BCUT2D eigenvalue weighted by Gasteiger charge is 2.30. The molecule has 0 fully saturated rings. The van der Waals surface area contributed by atoms with E-state index in [0.717, 1.165) is 6.07 Å². The van der Waals surface area contributed by atoms with Crippen molar-refractivity contribution in [2.45, 2.75) is 24.1 Å². The van der Waals surface area contributed by atoms with E-state index in [9.17, 15) is 17.2 Å². The predicted octanol–water partition coefficient (Wildman–Crippen LogP) is 3.80. The molecule has 0 bridgehead atoms. The summed E-state index contributed by atoms with van der Waals surface area (Å²) in [6, 6.07) is 7.60. The molecule has 2 aromatic rings. The molecule has 2 rings (SSSR count). The van der Waals surface area contributed by atoms with Gasteiger partial charge in [0, 0.05) is 12.6 Å². The molecular weight excluding hydrogens is 316 g/mol. The predicted molar refractivity (Wildman–Crippen MR) is 78.7 cm³/mol. The maximum atomic E-state index is 13.1. The van der Waals surface area contributed by atoms with E-state index in [2.05, 4.69) is 0 Å². The summed E-state index contributed by atoms with van der Waals surface area (Å²) in [6.07, 6.45) is 0. The van der Waals surface area contributed by atoms with Crippen LogP contribution in [0.2, 0.25) is 0 Å². The second-order valence-electron chi connectivity index (χ2n) is 4.49. The van der Waals surface area contributed by atoms with E-state index in [-0.39, 0.29) is 16.6 Å². The van der Waals surface area contributed by atoms with Crippen LogP contribution in [0.25, 0.3) is 0 Å². The molecule has 0 N–H and O–H groups in total.